The Hall–Kier alpha value is -1.11. The van der Waals surface area contributed by atoms with Gasteiger partial charge < -0.3 is 18.9 Å². The minimum atomic E-state index is -0.780. The van der Waals surface area contributed by atoms with Crippen molar-refractivity contribution < 1.29 is 28.5 Å². The number of carbonyl (C=O) groups excluding carboxylic acids is 2. The van der Waals surface area contributed by atoms with Gasteiger partial charge in [-0.2, -0.15) is 0 Å². The molecule has 0 radical (unpaired) electrons. The molecule has 0 aromatic carbocycles. The molecular formula is C22H25ClO6. The Morgan fingerprint density at radius 3 is 2.83 bits per heavy atom. The highest BCUT2D eigenvalue weighted by Crippen LogP contribution is 2.90. The largest absolute Gasteiger partial charge is 0.458 e. The van der Waals surface area contributed by atoms with Gasteiger partial charge in [0.2, 0.25) is 0 Å². The van der Waals surface area contributed by atoms with Gasteiger partial charge in [-0.3, -0.25) is 0 Å². The van der Waals surface area contributed by atoms with Crippen LogP contribution in [0.5, 0.6) is 0 Å². The maximum atomic E-state index is 12.2. The summed E-state index contributed by atoms with van der Waals surface area (Å²) >= 11 is 5.76. The fourth-order valence-corrected chi connectivity index (χ4v) is 8.86. The number of carbonyl (C=O) groups is 2. The van der Waals surface area contributed by atoms with Crippen molar-refractivity contribution in [2.45, 2.75) is 76.0 Å². The van der Waals surface area contributed by atoms with Gasteiger partial charge in [-0.1, -0.05) is 20.8 Å². The van der Waals surface area contributed by atoms with Crippen molar-refractivity contribution in [3.05, 3.63) is 11.1 Å². The van der Waals surface area contributed by atoms with Crippen molar-refractivity contribution in [2.24, 2.45) is 28.6 Å². The molecule has 2 spiro atoms. The van der Waals surface area contributed by atoms with Crippen molar-refractivity contribution in [2.75, 3.05) is 6.61 Å². The molecule has 29 heavy (non-hydrogen) atoms. The van der Waals surface area contributed by atoms with Gasteiger partial charge >= 0.3 is 11.4 Å². The molecule has 0 amide bonds. The summed E-state index contributed by atoms with van der Waals surface area (Å²) in [4.78, 5) is 24.1. The van der Waals surface area contributed by atoms with Crippen molar-refractivity contribution in [1.29, 1.82) is 0 Å². The second-order valence-corrected chi connectivity index (χ2v) is 11.1. The molecule has 1 unspecified atom stereocenters. The van der Waals surface area contributed by atoms with E-state index >= 15 is 0 Å². The van der Waals surface area contributed by atoms with E-state index in [2.05, 4.69) is 20.8 Å². The average Bonchev–Trinajstić information content (AvgIpc) is 3.53. The van der Waals surface area contributed by atoms with E-state index in [0.29, 0.717) is 12.5 Å². The first-order valence-electron chi connectivity index (χ1n) is 10.8. The number of epoxide rings is 2. The van der Waals surface area contributed by atoms with Gasteiger partial charge in [0.1, 0.15) is 17.8 Å². The normalized spacial score (nSPS) is 57.6. The van der Waals surface area contributed by atoms with Crippen LogP contribution < -0.4 is 0 Å². The second kappa shape index (κ2) is 4.71. The Labute approximate surface area is 174 Å². The maximum Gasteiger partial charge on any atom is 0.404 e. The number of rotatable bonds is 2. The average molecular weight is 421 g/mol. The molecule has 0 N–H and O–H groups in total. The molecule has 0 aromatic heterocycles. The molecular weight excluding hydrogens is 396 g/mol. The number of ether oxygens (including phenoxy) is 4. The maximum absolute atomic E-state index is 12.2. The highest BCUT2D eigenvalue weighted by Gasteiger charge is 2.99. The quantitative estimate of drug-likeness (QED) is 0.387. The van der Waals surface area contributed by atoms with Gasteiger partial charge in [0.15, 0.2) is 6.10 Å². The van der Waals surface area contributed by atoms with Gasteiger partial charge in [-0.05, 0) is 54.4 Å². The lowest BCUT2D eigenvalue weighted by atomic mass is 9.45. The van der Waals surface area contributed by atoms with Crippen molar-refractivity contribution >= 4 is 23.0 Å². The van der Waals surface area contributed by atoms with Crippen LogP contribution in [0.2, 0.25) is 0 Å². The van der Waals surface area contributed by atoms with Crippen LogP contribution in [-0.2, 0) is 23.7 Å². The van der Waals surface area contributed by atoms with E-state index in [4.69, 9.17) is 30.5 Å². The van der Waals surface area contributed by atoms with Gasteiger partial charge in [-0.15, -0.1) is 0 Å². The Kier molecular flexibility index (Phi) is 2.85. The molecule has 0 bridgehead atoms. The minimum absolute atomic E-state index is 0.00918. The highest BCUT2D eigenvalue weighted by molar-refractivity contribution is 6.61. The van der Waals surface area contributed by atoms with Crippen LogP contribution in [0.15, 0.2) is 11.1 Å². The molecule has 3 heterocycles. The lowest BCUT2D eigenvalue weighted by Gasteiger charge is -2.56. The zero-order valence-corrected chi connectivity index (χ0v) is 17.6. The topological polar surface area (TPSA) is 77.7 Å². The van der Waals surface area contributed by atoms with Crippen LogP contribution in [0, 0.1) is 28.6 Å². The fourth-order valence-electron chi connectivity index (χ4n) is 8.77. The van der Waals surface area contributed by atoms with E-state index in [-0.39, 0.29) is 40.8 Å². The molecule has 6 nitrogen and oxygen atoms in total. The van der Waals surface area contributed by atoms with Crippen molar-refractivity contribution in [3.8, 4) is 0 Å². The van der Waals surface area contributed by atoms with Crippen LogP contribution >= 0.6 is 11.6 Å². The molecule has 5 fully saturated rings. The van der Waals surface area contributed by atoms with Crippen LogP contribution in [0.25, 0.3) is 0 Å². The molecule has 3 saturated carbocycles. The van der Waals surface area contributed by atoms with Crippen molar-refractivity contribution in [1.82, 2.24) is 0 Å². The molecule has 7 aliphatic rings. The standard InChI is InChI=1S/C22H25ClO6/c1-9(2)21-15(29-21)13-7-20(13)19(3)5-4-10-11(8-26-16(10)24)12(19)6-14-22(20,28-14)17(21)27-18(23)25/h9,12-15,17H,4-8H2,1-3H3/t12-,13-,14?,15-,17+,19-,20-,21-,22+/m0/s1. The number of esters is 1. The Morgan fingerprint density at radius 2 is 2.10 bits per heavy atom. The van der Waals surface area contributed by atoms with Crippen LogP contribution in [0.4, 0.5) is 4.79 Å². The predicted octanol–water partition coefficient (Wildman–Crippen LogP) is 3.35. The SMILES string of the molecule is CC(C)[C@]12O[C@H]1[C@@H]1C[C@@]13[C@@]1(C)CCC4=C(COC4=O)[C@@H]1CC1O[C@@]13[C@@H]2OC(=O)Cl. The minimum Gasteiger partial charge on any atom is -0.458 e. The second-order valence-electron chi connectivity index (χ2n) is 10.7. The number of fused-ring (bicyclic) bond motifs is 4. The smallest absolute Gasteiger partial charge is 0.404 e. The third-order valence-corrected chi connectivity index (χ3v) is 10.1. The number of cyclic esters (lactones) is 1. The first kappa shape index (κ1) is 17.6. The molecule has 2 saturated heterocycles. The van der Waals surface area contributed by atoms with E-state index < -0.39 is 22.7 Å². The number of halogens is 1. The number of hydrogen-bond acceptors (Lipinski definition) is 6. The summed E-state index contributed by atoms with van der Waals surface area (Å²) < 4.78 is 24.2. The summed E-state index contributed by atoms with van der Waals surface area (Å²) in [6.07, 6.45) is 3.20. The molecule has 7 rings (SSSR count). The molecule has 7 heteroatoms. The molecule has 156 valence electrons. The van der Waals surface area contributed by atoms with E-state index in [1.165, 1.54) is 5.57 Å². The zero-order chi connectivity index (χ0) is 20.1. The highest BCUT2D eigenvalue weighted by atomic mass is 35.5. The van der Waals surface area contributed by atoms with Crippen LogP contribution in [-0.4, -0.2) is 47.5 Å². The first-order chi connectivity index (χ1) is 13.7. The monoisotopic (exact) mass is 420 g/mol. The molecule has 3 aliphatic heterocycles. The van der Waals surface area contributed by atoms with E-state index in [0.717, 1.165) is 31.3 Å². The van der Waals surface area contributed by atoms with Gasteiger partial charge in [0.05, 0.1) is 12.2 Å². The fraction of sp³-hybridized carbons (Fsp3) is 0.818. The van der Waals surface area contributed by atoms with Gasteiger partial charge in [-0.25, -0.2) is 9.59 Å². The summed E-state index contributed by atoms with van der Waals surface area (Å²) in [6.45, 7) is 7.05. The van der Waals surface area contributed by atoms with Crippen LogP contribution in [0.1, 0.15) is 46.5 Å². The molecule has 0 aromatic rings. The zero-order valence-electron chi connectivity index (χ0n) is 16.8. The Bertz CT molecular complexity index is 928. The lowest BCUT2D eigenvalue weighted by Crippen LogP contribution is -2.65. The van der Waals surface area contributed by atoms with E-state index in [9.17, 15) is 9.59 Å². The summed E-state index contributed by atoms with van der Waals surface area (Å²) in [6, 6.07) is 0. The summed E-state index contributed by atoms with van der Waals surface area (Å²) in [5.74, 6) is 0.759. The Balaban J connectivity index is 1.38. The Morgan fingerprint density at radius 1 is 1.31 bits per heavy atom. The summed E-state index contributed by atoms with van der Waals surface area (Å²) in [5.41, 5.74) is 0.199. The summed E-state index contributed by atoms with van der Waals surface area (Å²) in [5, 5.41) is 0. The van der Waals surface area contributed by atoms with E-state index in [1.807, 2.05) is 0 Å². The predicted molar refractivity (Wildman–Crippen MR) is 100 cm³/mol. The molecule has 9 atom stereocenters. The summed E-state index contributed by atoms with van der Waals surface area (Å²) in [7, 11) is 0. The third kappa shape index (κ3) is 1.57. The third-order valence-electron chi connectivity index (χ3n) is 10.0. The number of hydrogen-bond donors (Lipinski definition) is 0. The van der Waals surface area contributed by atoms with Crippen LogP contribution in [0.3, 0.4) is 0 Å². The molecule has 4 aliphatic carbocycles. The van der Waals surface area contributed by atoms with E-state index in [1.54, 1.807) is 0 Å². The van der Waals surface area contributed by atoms with Crippen molar-refractivity contribution in [3.63, 3.8) is 0 Å². The van der Waals surface area contributed by atoms with Gasteiger partial charge in [0.25, 0.3) is 0 Å². The van der Waals surface area contributed by atoms with Gasteiger partial charge in [0, 0.05) is 22.6 Å². The first-order valence-corrected chi connectivity index (χ1v) is 11.2. The lowest BCUT2D eigenvalue weighted by molar-refractivity contribution is -0.136.